The summed E-state index contributed by atoms with van der Waals surface area (Å²) in [5, 5.41) is 0. The maximum atomic E-state index is 14.1. The minimum atomic E-state index is -0.902. The minimum absolute atomic E-state index is 0.00816. The highest BCUT2D eigenvalue weighted by molar-refractivity contribution is 6.11. The maximum Gasteiger partial charge on any atom is 0.246 e. The zero-order valence-electron chi connectivity index (χ0n) is 18.0. The molecule has 4 heterocycles. The number of fused-ring (bicyclic) bond motifs is 5. The average Bonchev–Trinajstić information content (AvgIpc) is 3.30. The van der Waals surface area contributed by atoms with Crippen LogP contribution in [0.2, 0.25) is 0 Å². The molecule has 0 saturated carbocycles. The Bertz CT molecular complexity index is 1240. The summed E-state index contributed by atoms with van der Waals surface area (Å²) in [4.78, 5) is 22.6. The molecule has 0 bridgehead atoms. The molecule has 1 spiro atoms. The Kier molecular flexibility index (Phi) is 4.08. The Morgan fingerprint density at radius 3 is 2.53 bits per heavy atom. The van der Waals surface area contributed by atoms with E-state index in [1.54, 1.807) is 0 Å². The van der Waals surface area contributed by atoms with Crippen molar-refractivity contribution in [3.8, 4) is 17.2 Å². The number of hydrogen-bond donors (Lipinski definition) is 0. The van der Waals surface area contributed by atoms with Crippen LogP contribution in [0.3, 0.4) is 0 Å². The first-order valence-corrected chi connectivity index (χ1v) is 10.7. The van der Waals surface area contributed by atoms with Crippen molar-refractivity contribution in [2.24, 2.45) is 0 Å². The first-order chi connectivity index (χ1) is 15.6. The van der Waals surface area contributed by atoms with Crippen LogP contribution in [-0.2, 0) is 16.8 Å². The van der Waals surface area contributed by atoms with Crippen molar-refractivity contribution >= 4 is 17.4 Å². The molecule has 162 valence electrons. The van der Waals surface area contributed by atoms with Crippen molar-refractivity contribution in [3.05, 3.63) is 71.4 Å². The van der Waals surface area contributed by atoms with Gasteiger partial charge in [0.05, 0.1) is 12.2 Å². The lowest BCUT2D eigenvalue weighted by molar-refractivity contribution is -0.122. The van der Waals surface area contributed by atoms with Crippen LogP contribution in [0.15, 0.2) is 54.6 Å². The summed E-state index contributed by atoms with van der Waals surface area (Å²) in [6.07, 6.45) is 0. The van der Waals surface area contributed by atoms with E-state index in [4.69, 9.17) is 19.2 Å². The molecule has 7 nitrogen and oxygen atoms in total. The molecule has 32 heavy (non-hydrogen) atoms. The second kappa shape index (κ2) is 6.88. The molecule has 0 aliphatic carbocycles. The lowest BCUT2D eigenvalue weighted by Crippen LogP contribution is -2.42. The monoisotopic (exact) mass is 429 g/mol. The molecule has 3 aliphatic rings. The van der Waals surface area contributed by atoms with E-state index >= 15 is 0 Å². The van der Waals surface area contributed by atoms with E-state index in [1.165, 1.54) is 0 Å². The van der Waals surface area contributed by atoms with Gasteiger partial charge < -0.3 is 24.0 Å². The second-order valence-electron chi connectivity index (χ2n) is 8.48. The Hall–Kier alpha value is -3.74. The van der Waals surface area contributed by atoms with Crippen LogP contribution in [0.4, 0.5) is 11.5 Å². The van der Waals surface area contributed by atoms with Gasteiger partial charge in [-0.2, -0.15) is 0 Å². The fourth-order valence-corrected chi connectivity index (χ4v) is 4.83. The smallest absolute Gasteiger partial charge is 0.246 e. The van der Waals surface area contributed by atoms with Gasteiger partial charge in [-0.25, -0.2) is 4.98 Å². The van der Waals surface area contributed by atoms with Gasteiger partial charge in [-0.15, -0.1) is 0 Å². The number of para-hydroxylation sites is 1. The summed E-state index contributed by atoms with van der Waals surface area (Å²) < 4.78 is 17.6. The summed E-state index contributed by atoms with van der Waals surface area (Å²) in [6, 6.07) is 17.6. The van der Waals surface area contributed by atoms with Crippen molar-refractivity contribution < 1.29 is 19.0 Å². The third-order valence-electron chi connectivity index (χ3n) is 6.38. The molecule has 6 rings (SSSR count). The van der Waals surface area contributed by atoms with Gasteiger partial charge in [0.1, 0.15) is 36.8 Å². The number of anilines is 2. The highest BCUT2D eigenvalue weighted by Gasteiger charge is 2.57. The summed E-state index contributed by atoms with van der Waals surface area (Å²) in [5.41, 5.74) is 2.60. The average molecular weight is 429 g/mol. The lowest BCUT2D eigenvalue weighted by Gasteiger charge is -2.24. The summed E-state index contributed by atoms with van der Waals surface area (Å²) in [7, 11) is 3.91. The first kappa shape index (κ1) is 19.0. The van der Waals surface area contributed by atoms with E-state index in [2.05, 4.69) is 0 Å². The van der Waals surface area contributed by atoms with E-state index in [0.29, 0.717) is 37.0 Å². The Labute approximate surface area is 186 Å². The fourth-order valence-electron chi connectivity index (χ4n) is 4.83. The SMILES string of the molecule is CN(C)c1cccc(CN2C(=O)C3(COc4cc5c(cc43)OCCO5)c3ccccc32)n1. The lowest BCUT2D eigenvalue weighted by atomic mass is 9.77. The zero-order chi connectivity index (χ0) is 21.9. The number of benzene rings is 2. The third-order valence-corrected chi connectivity index (χ3v) is 6.38. The van der Waals surface area contributed by atoms with E-state index in [0.717, 1.165) is 28.3 Å². The van der Waals surface area contributed by atoms with Crippen LogP contribution in [-0.4, -0.2) is 44.8 Å². The summed E-state index contributed by atoms with van der Waals surface area (Å²) >= 11 is 0. The Morgan fingerprint density at radius 2 is 1.72 bits per heavy atom. The number of carbonyl (C=O) groups excluding carboxylic acids is 1. The number of rotatable bonds is 3. The number of pyridine rings is 1. The van der Waals surface area contributed by atoms with Crippen molar-refractivity contribution in [1.29, 1.82) is 0 Å². The number of ether oxygens (including phenoxy) is 3. The Morgan fingerprint density at radius 1 is 0.938 bits per heavy atom. The van der Waals surface area contributed by atoms with Crippen molar-refractivity contribution in [2.45, 2.75) is 12.0 Å². The van der Waals surface area contributed by atoms with Crippen LogP contribution >= 0.6 is 0 Å². The zero-order valence-corrected chi connectivity index (χ0v) is 18.0. The van der Waals surface area contributed by atoms with Gasteiger partial charge in [0.25, 0.3) is 0 Å². The highest BCUT2D eigenvalue weighted by Crippen LogP contribution is 2.54. The number of carbonyl (C=O) groups is 1. The van der Waals surface area contributed by atoms with E-state index in [9.17, 15) is 4.79 Å². The molecule has 1 unspecified atom stereocenters. The van der Waals surface area contributed by atoms with Crippen LogP contribution in [0, 0.1) is 0 Å². The molecule has 0 N–H and O–H groups in total. The molecule has 1 amide bonds. The molecule has 3 aromatic rings. The molecular formula is C25H23N3O4. The Balaban J connectivity index is 1.45. The van der Waals surface area contributed by atoms with Gasteiger partial charge in [-0.3, -0.25) is 4.79 Å². The quantitative estimate of drug-likeness (QED) is 0.638. The molecule has 1 atom stereocenters. The van der Waals surface area contributed by atoms with Gasteiger partial charge in [0, 0.05) is 31.4 Å². The predicted octanol–water partition coefficient (Wildman–Crippen LogP) is 3.14. The van der Waals surface area contributed by atoms with Crippen LogP contribution in [0.25, 0.3) is 0 Å². The summed E-state index contributed by atoms with van der Waals surface area (Å²) in [5.74, 6) is 2.84. The fraction of sp³-hybridized carbons (Fsp3) is 0.280. The first-order valence-electron chi connectivity index (χ1n) is 10.7. The van der Waals surface area contributed by atoms with Gasteiger partial charge in [0.2, 0.25) is 5.91 Å². The minimum Gasteiger partial charge on any atom is -0.491 e. The van der Waals surface area contributed by atoms with E-state index in [1.807, 2.05) is 78.5 Å². The number of hydrogen-bond acceptors (Lipinski definition) is 6. The standard InChI is InChI=1S/C25H23N3O4/c1-27(2)23-9-5-6-16(26-23)14-28-19-8-4-3-7-17(19)25(24(28)29)15-32-20-13-22-21(12-18(20)25)30-10-11-31-22/h3-9,12-13H,10-11,14-15H2,1-2H3. The van der Waals surface area contributed by atoms with Gasteiger partial charge in [-0.1, -0.05) is 24.3 Å². The number of amides is 1. The third kappa shape index (κ3) is 2.60. The summed E-state index contributed by atoms with van der Waals surface area (Å²) in [6.45, 7) is 1.64. The van der Waals surface area contributed by atoms with Crippen molar-refractivity contribution in [3.63, 3.8) is 0 Å². The largest absolute Gasteiger partial charge is 0.491 e. The van der Waals surface area contributed by atoms with Crippen LogP contribution in [0.1, 0.15) is 16.8 Å². The van der Waals surface area contributed by atoms with Gasteiger partial charge >= 0.3 is 0 Å². The van der Waals surface area contributed by atoms with Crippen molar-refractivity contribution in [1.82, 2.24) is 4.98 Å². The normalized spacial score (nSPS) is 20.2. The molecule has 0 fully saturated rings. The molecule has 0 saturated heterocycles. The van der Waals surface area contributed by atoms with E-state index < -0.39 is 5.41 Å². The molecule has 1 aromatic heterocycles. The van der Waals surface area contributed by atoms with Crippen LogP contribution in [0.5, 0.6) is 17.2 Å². The molecule has 7 heteroatoms. The van der Waals surface area contributed by atoms with Gasteiger partial charge in [-0.05, 0) is 29.8 Å². The highest BCUT2D eigenvalue weighted by atomic mass is 16.6. The van der Waals surface area contributed by atoms with Crippen LogP contribution < -0.4 is 24.0 Å². The molecule has 3 aliphatic heterocycles. The predicted molar refractivity (Wildman–Crippen MR) is 120 cm³/mol. The maximum absolute atomic E-state index is 14.1. The van der Waals surface area contributed by atoms with E-state index in [-0.39, 0.29) is 12.5 Å². The molecular weight excluding hydrogens is 406 g/mol. The second-order valence-corrected chi connectivity index (χ2v) is 8.48. The van der Waals surface area contributed by atoms with Crippen molar-refractivity contribution in [2.75, 3.05) is 43.7 Å². The topological polar surface area (TPSA) is 64.1 Å². The van der Waals surface area contributed by atoms with Gasteiger partial charge in [0.15, 0.2) is 11.5 Å². The number of aromatic nitrogens is 1. The molecule has 2 aromatic carbocycles. The molecule has 0 radical (unpaired) electrons. The number of nitrogens with zero attached hydrogens (tertiary/aromatic N) is 3.